The van der Waals surface area contributed by atoms with Gasteiger partial charge in [-0.3, -0.25) is 9.59 Å². The van der Waals surface area contributed by atoms with E-state index in [9.17, 15) is 27.9 Å². The third kappa shape index (κ3) is 6.82. The molecule has 0 aliphatic carbocycles. The fraction of sp³-hybridized carbons (Fsp3) is 0.538. The minimum atomic E-state index is -4.74. The van der Waals surface area contributed by atoms with Crippen molar-refractivity contribution in [3.05, 3.63) is 44.8 Å². The first-order valence-corrected chi connectivity index (χ1v) is 12.2. The molecule has 6 nitrogen and oxygen atoms in total. The Morgan fingerprint density at radius 2 is 1.83 bits per heavy atom. The summed E-state index contributed by atoms with van der Waals surface area (Å²) in [7, 11) is 0. The van der Waals surface area contributed by atoms with E-state index in [1.807, 2.05) is 0 Å². The van der Waals surface area contributed by atoms with Gasteiger partial charge in [-0.15, -0.1) is 0 Å². The second kappa shape index (κ2) is 12.6. The number of aromatic amines is 1. The molecule has 1 aromatic carbocycles. The Hall–Kier alpha value is -2.52. The predicted molar refractivity (Wildman–Crippen MR) is 137 cm³/mol. The number of aryl methyl sites for hydroxylation is 1. The highest BCUT2D eigenvalue weighted by atomic mass is 35.5. The molecule has 0 saturated carbocycles. The number of pyridine rings is 1. The molecule has 0 aliphatic heterocycles. The van der Waals surface area contributed by atoms with Crippen LogP contribution in [0, 0.1) is 6.92 Å². The van der Waals surface area contributed by atoms with Crippen LogP contribution in [0.4, 0.5) is 13.2 Å². The molecule has 3 aromatic rings. The van der Waals surface area contributed by atoms with Crippen LogP contribution in [-0.4, -0.2) is 39.5 Å². The highest BCUT2D eigenvalue weighted by Gasteiger charge is 2.39. The molecule has 0 bridgehead atoms. The Morgan fingerprint density at radius 3 is 2.50 bits per heavy atom. The van der Waals surface area contributed by atoms with Crippen LogP contribution in [0.15, 0.2) is 23.0 Å². The normalized spacial score (nSPS) is 12.6. The highest BCUT2D eigenvalue weighted by Crippen LogP contribution is 2.37. The molecule has 2 N–H and O–H groups in total. The molecule has 2 heterocycles. The lowest BCUT2D eigenvalue weighted by molar-refractivity contribution is -0.207. The van der Waals surface area contributed by atoms with Gasteiger partial charge >= 0.3 is 12.1 Å². The number of esters is 1. The molecule has 1 atom stereocenters. The molecule has 0 saturated heterocycles. The van der Waals surface area contributed by atoms with E-state index in [1.54, 1.807) is 26.0 Å². The zero-order chi connectivity index (χ0) is 25.8. The second-order valence-corrected chi connectivity index (χ2v) is 9.08. The van der Waals surface area contributed by atoms with E-state index in [4.69, 9.17) is 16.3 Å². The molecule has 10 heteroatoms. The number of nitrogens with zero attached hydrogens (tertiary/aromatic N) is 1. The summed E-state index contributed by atoms with van der Waals surface area (Å²) in [6, 6.07) is 4.53. The molecule has 0 fully saturated rings. The summed E-state index contributed by atoms with van der Waals surface area (Å²) in [5.41, 5.74) is 2.14. The van der Waals surface area contributed by atoms with Gasteiger partial charge in [0, 0.05) is 34.5 Å². The van der Waals surface area contributed by atoms with E-state index in [0.717, 1.165) is 37.7 Å². The summed E-state index contributed by atoms with van der Waals surface area (Å²) < 4.78 is 45.8. The number of carbonyl (C=O) groups is 1. The van der Waals surface area contributed by atoms with Crippen LogP contribution in [0.25, 0.3) is 21.8 Å². The molecular weight excluding hydrogens is 497 g/mol. The number of H-pyrrole nitrogens is 1. The quantitative estimate of drug-likeness (QED) is 0.220. The molecule has 0 aliphatic rings. The minimum Gasteiger partial charge on any atom is -0.466 e. The smallest absolute Gasteiger partial charge is 0.416 e. The average molecular weight is 531 g/mol. The first-order chi connectivity index (χ1) is 16.5. The number of hydrogen-bond donors (Lipinski definition) is 2. The minimum absolute atomic E-state index is 0. The van der Waals surface area contributed by atoms with Crippen molar-refractivity contribution in [3.8, 4) is 0 Å². The molecule has 0 spiro atoms. The number of fused-ring (bicyclic) bond motifs is 3. The molecule has 0 amide bonds. The van der Waals surface area contributed by atoms with Gasteiger partial charge in [-0.2, -0.15) is 13.2 Å². The number of benzene rings is 1. The predicted octanol–water partition coefficient (Wildman–Crippen LogP) is 6.45. The first kappa shape index (κ1) is 29.7. The van der Waals surface area contributed by atoms with Crippen molar-refractivity contribution in [2.45, 2.75) is 85.0 Å². The van der Waals surface area contributed by atoms with Crippen molar-refractivity contribution in [1.82, 2.24) is 9.55 Å². The van der Waals surface area contributed by atoms with Crippen LogP contribution in [0.1, 0.15) is 64.1 Å². The van der Waals surface area contributed by atoms with Crippen molar-refractivity contribution < 1.29 is 27.8 Å². The Bertz CT molecular complexity index is 1250. The van der Waals surface area contributed by atoms with Crippen molar-refractivity contribution in [1.29, 1.82) is 0 Å². The average Bonchev–Trinajstić information content (AvgIpc) is 3.03. The summed E-state index contributed by atoms with van der Waals surface area (Å²) >= 11 is 6.42. The molecule has 0 radical (unpaired) electrons. The fourth-order valence-corrected chi connectivity index (χ4v) is 4.80. The van der Waals surface area contributed by atoms with Gasteiger partial charge in [0.2, 0.25) is 5.56 Å². The third-order valence-corrected chi connectivity index (χ3v) is 6.52. The lowest BCUT2D eigenvalue weighted by atomic mass is 10.00. The van der Waals surface area contributed by atoms with Gasteiger partial charge in [0.1, 0.15) is 0 Å². The van der Waals surface area contributed by atoms with Gasteiger partial charge in [-0.25, -0.2) is 0 Å². The number of aromatic nitrogens is 2. The van der Waals surface area contributed by atoms with Crippen LogP contribution < -0.4 is 5.56 Å². The molecule has 200 valence electrons. The third-order valence-electron chi connectivity index (χ3n) is 6.22. The Labute approximate surface area is 213 Å². The van der Waals surface area contributed by atoms with Gasteiger partial charge < -0.3 is 19.4 Å². The largest absolute Gasteiger partial charge is 0.466 e. The van der Waals surface area contributed by atoms with Gasteiger partial charge in [0.15, 0.2) is 6.10 Å². The van der Waals surface area contributed by atoms with E-state index in [-0.39, 0.29) is 24.0 Å². The molecular formula is C26H34ClF3N2O4. The Morgan fingerprint density at radius 1 is 1.17 bits per heavy atom. The van der Waals surface area contributed by atoms with Gasteiger partial charge in [0.25, 0.3) is 0 Å². The number of hydrogen-bond acceptors (Lipinski definition) is 4. The van der Waals surface area contributed by atoms with Crippen LogP contribution in [-0.2, 0) is 22.5 Å². The van der Waals surface area contributed by atoms with Crippen molar-refractivity contribution in [2.24, 2.45) is 0 Å². The van der Waals surface area contributed by atoms with Crippen LogP contribution in [0.3, 0.4) is 0 Å². The summed E-state index contributed by atoms with van der Waals surface area (Å²) in [6.07, 6.45) is -2.04. The SMILES string of the molecule is C.CCOC(=O)CCCCCCCc1c(C)n(C[C@@H](O)C(F)(F)F)c2ccc3[nH]c(=O)cc(Cl)c3c12. The van der Waals surface area contributed by atoms with Gasteiger partial charge in [-0.1, -0.05) is 38.3 Å². The van der Waals surface area contributed by atoms with E-state index in [2.05, 4.69) is 4.98 Å². The zero-order valence-corrected chi connectivity index (χ0v) is 20.6. The molecule has 0 unspecified atom stereocenters. The van der Waals surface area contributed by atoms with E-state index in [1.165, 1.54) is 10.6 Å². The standard InChI is InChI=1S/C25H30ClF3N2O4.CH4/c1-3-35-22(34)10-8-6-4-5-7-9-16-15(2)31(14-20(32)25(27,28)29)19-12-11-18-24(23(16)19)17(26)13-21(33)30-18;/h11-13,20,32H,3-10,14H2,1-2H3,(H,30,33);1H4/t20-;/m1./s1. The molecule has 2 aromatic heterocycles. The number of alkyl halides is 3. The lowest BCUT2D eigenvalue weighted by Gasteiger charge is -2.17. The zero-order valence-electron chi connectivity index (χ0n) is 19.8. The monoisotopic (exact) mass is 530 g/mol. The van der Waals surface area contributed by atoms with Gasteiger partial charge in [-0.05, 0) is 50.8 Å². The Balaban J connectivity index is 0.00000456. The number of halogens is 4. The van der Waals surface area contributed by atoms with Crippen molar-refractivity contribution >= 4 is 39.4 Å². The number of ether oxygens (including phenoxy) is 1. The number of nitrogens with one attached hydrogen (secondary N) is 1. The number of aliphatic hydroxyl groups excluding tert-OH is 1. The molecule has 36 heavy (non-hydrogen) atoms. The summed E-state index contributed by atoms with van der Waals surface area (Å²) in [5.74, 6) is -0.196. The van der Waals surface area contributed by atoms with Crippen LogP contribution >= 0.6 is 11.6 Å². The summed E-state index contributed by atoms with van der Waals surface area (Å²) in [5, 5.41) is 11.3. The topological polar surface area (TPSA) is 84.3 Å². The van der Waals surface area contributed by atoms with Crippen molar-refractivity contribution in [3.63, 3.8) is 0 Å². The van der Waals surface area contributed by atoms with Gasteiger partial charge in [0.05, 0.1) is 23.7 Å². The maximum Gasteiger partial charge on any atom is 0.416 e. The number of unbranched alkanes of at least 4 members (excludes halogenated alkanes) is 4. The van der Waals surface area contributed by atoms with E-state index >= 15 is 0 Å². The maximum absolute atomic E-state index is 13.1. The summed E-state index contributed by atoms with van der Waals surface area (Å²) in [4.78, 5) is 26.1. The fourth-order valence-electron chi connectivity index (χ4n) is 4.51. The van der Waals surface area contributed by atoms with Crippen LogP contribution in [0.5, 0.6) is 0 Å². The lowest BCUT2D eigenvalue weighted by Crippen LogP contribution is -2.33. The van der Waals surface area contributed by atoms with E-state index in [0.29, 0.717) is 46.9 Å². The maximum atomic E-state index is 13.1. The van der Waals surface area contributed by atoms with Crippen LogP contribution in [0.2, 0.25) is 5.02 Å². The highest BCUT2D eigenvalue weighted by molar-refractivity contribution is 6.37. The Kier molecular flexibility index (Phi) is 10.4. The molecule has 3 rings (SSSR count). The summed E-state index contributed by atoms with van der Waals surface area (Å²) in [6.45, 7) is 3.25. The first-order valence-electron chi connectivity index (χ1n) is 11.8. The second-order valence-electron chi connectivity index (χ2n) is 8.67. The van der Waals surface area contributed by atoms with E-state index < -0.39 is 18.8 Å². The number of carbonyl (C=O) groups excluding carboxylic acids is 1. The number of aliphatic hydroxyl groups is 1. The van der Waals surface area contributed by atoms with Crippen molar-refractivity contribution in [2.75, 3.05) is 6.61 Å². The number of rotatable bonds is 11.